The number of aromatic nitrogens is 2. The summed E-state index contributed by atoms with van der Waals surface area (Å²) < 4.78 is 15.8. The molecule has 3 rings (SSSR count). The molecule has 150 valence electrons. The first-order valence-electron chi connectivity index (χ1n) is 9.05. The van der Waals surface area contributed by atoms with E-state index in [-0.39, 0.29) is 12.5 Å². The second-order valence-corrected chi connectivity index (χ2v) is 6.52. The Morgan fingerprint density at radius 2 is 1.83 bits per heavy atom. The molecule has 2 aromatic carbocycles. The molecule has 1 aromatic heterocycles. The summed E-state index contributed by atoms with van der Waals surface area (Å²) in [6, 6.07) is 13.3. The third-order valence-corrected chi connectivity index (χ3v) is 4.35. The molecule has 1 heterocycles. The van der Waals surface area contributed by atoms with Crippen molar-refractivity contribution in [2.45, 2.75) is 13.5 Å². The number of ether oxygens (including phenoxy) is 2. The number of amides is 1. The van der Waals surface area contributed by atoms with Crippen LogP contribution in [0.5, 0.6) is 11.5 Å². The number of benzene rings is 2. The van der Waals surface area contributed by atoms with Crippen molar-refractivity contribution in [3.05, 3.63) is 65.6 Å². The van der Waals surface area contributed by atoms with Gasteiger partial charge in [0.1, 0.15) is 0 Å². The maximum absolute atomic E-state index is 12.4. The Morgan fingerprint density at radius 1 is 1.10 bits per heavy atom. The molecular weight excluding hydrogens is 370 g/mol. The average Bonchev–Trinajstić information content (AvgIpc) is 3.20. The van der Waals surface area contributed by atoms with Gasteiger partial charge in [-0.05, 0) is 30.7 Å². The van der Waals surface area contributed by atoms with E-state index in [1.165, 1.54) is 11.0 Å². The van der Waals surface area contributed by atoms with Gasteiger partial charge in [0, 0.05) is 18.7 Å². The van der Waals surface area contributed by atoms with E-state index in [0.717, 1.165) is 16.7 Å². The van der Waals surface area contributed by atoms with Crippen LogP contribution in [0.4, 0.5) is 0 Å². The zero-order chi connectivity index (χ0) is 20.8. The van der Waals surface area contributed by atoms with Crippen molar-refractivity contribution in [2.75, 3.05) is 21.3 Å². The number of aryl methyl sites for hydroxylation is 1. The van der Waals surface area contributed by atoms with Gasteiger partial charge < -0.3 is 18.9 Å². The van der Waals surface area contributed by atoms with Gasteiger partial charge in [-0.3, -0.25) is 4.79 Å². The molecule has 0 radical (unpaired) electrons. The Balaban J connectivity index is 1.63. The van der Waals surface area contributed by atoms with Crippen LogP contribution in [0.25, 0.3) is 17.5 Å². The number of hydrogen-bond donors (Lipinski definition) is 0. The molecule has 0 aliphatic carbocycles. The highest BCUT2D eigenvalue weighted by Gasteiger charge is 2.13. The number of methoxy groups -OCH3 is 2. The standard InChI is InChI=1S/C22H23N3O4/c1-15-5-9-17(10-6-15)22-23-20(29-24-22)14-25(2)21(26)12-8-16-7-11-18(27-3)19(13-16)28-4/h5-13H,14H2,1-4H3/b12-8+. The van der Waals surface area contributed by atoms with E-state index in [2.05, 4.69) is 10.1 Å². The fourth-order valence-corrected chi connectivity index (χ4v) is 2.67. The van der Waals surface area contributed by atoms with Gasteiger partial charge in [0.25, 0.3) is 0 Å². The molecular formula is C22H23N3O4. The molecule has 0 aliphatic heterocycles. The minimum absolute atomic E-state index is 0.185. The van der Waals surface area contributed by atoms with Crippen LogP contribution >= 0.6 is 0 Å². The van der Waals surface area contributed by atoms with Crippen molar-refractivity contribution in [1.82, 2.24) is 15.0 Å². The summed E-state index contributed by atoms with van der Waals surface area (Å²) in [7, 11) is 4.82. The van der Waals surface area contributed by atoms with E-state index in [4.69, 9.17) is 14.0 Å². The molecule has 0 atom stereocenters. The lowest BCUT2D eigenvalue weighted by molar-refractivity contribution is -0.125. The molecule has 0 N–H and O–H groups in total. The average molecular weight is 393 g/mol. The molecule has 0 bridgehead atoms. The van der Waals surface area contributed by atoms with Crippen LogP contribution in [-0.2, 0) is 11.3 Å². The van der Waals surface area contributed by atoms with E-state index in [9.17, 15) is 4.79 Å². The number of nitrogens with zero attached hydrogens (tertiary/aromatic N) is 3. The fourth-order valence-electron chi connectivity index (χ4n) is 2.67. The molecule has 7 nitrogen and oxygen atoms in total. The van der Waals surface area contributed by atoms with E-state index >= 15 is 0 Å². The zero-order valence-electron chi connectivity index (χ0n) is 16.9. The number of rotatable bonds is 7. The summed E-state index contributed by atoms with van der Waals surface area (Å²) in [4.78, 5) is 18.3. The molecule has 0 spiro atoms. The molecule has 7 heteroatoms. The summed E-state index contributed by atoms with van der Waals surface area (Å²) in [6.45, 7) is 2.23. The highest BCUT2D eigenvalue weighted by Crippen LogP contribution is 2.28. The Hall–Kier alpha value is -3.61. The SMILES string of the molecule is COc1ccc(/C=C/C(=O)N(C)Cc2nc(-c3ccc(C)cc3)no2)cc1OC. The van der Waals surface area contributed by atoms with Gasteiger partial charge in [-0.15, -0.1) is 0 Å². The van der Waals surface area contributed by atoms with Crippen molar-refractivity contribution in [2.24, 2.45) is 0 Å². The van der Waals surface area contributed by atoms with Crippen LogP contribution in [0.1, 0.15) is 17.0 Å². The second-order valence-electron chi connectivity index (χ2n) is 6.52. The van der Waals surface area contributed by atoms with Gasteiger partial charge in [0.2, 0.25) is 17.6 Å². The third-order valence-electron chi connectivity index (χ3n) is 4.35. The van der Waals surface area contributed by atoms with Crippen molar-refractivity contribution < 1.29 is 18.8 Å². The lowest BCUT2D eigenvalue weighted by Gasteiger charge is -2.12. The molecule has 0 unspecified atom stereocenters. The topological polar surface area (TPSA) is 77.7 Å². The predicted molar refractivity (Wildman–Crippen MR) is 110 cm³/mol. The number of hydrogen-bond acceptors (Lipinski definition) is 6. The van der Waals surface area contributed by atoms with Crippen LogP contribution in [0.2, 0.25) is 0 Å². The minimum atomic E-state index is -0.185. The lowest BCUT2D eigenvalue weighted by Crippen LogP contribution is -2.24. The van der Waals surface area contributed by atoms with Gasteiger partial charge in [0.05, 0.1) is 20.8 Å². The van der Waals surface area contributed by atoms with Crippen molar-refractivity contribution in [3.63, 3.8) is 0 Å². The van der Waals surface area contributed by atoms with Gasteiger partial charge in [-0.1, -0.05) is 41.1 Å². The maximum atomic E-state index is 12.4. The summed E-state index contributed by atoms with van der Waals surface area (Å²) >= 11 is 0. The van der Waals surface area contributed by atoms with Crippen LogP contribution in [0, 0.1) is 6.92 Å². The first kappa shape index (κ1) is 20.1. The Labute approximate surface area is 169 Å². The quantitative estimate of drug-likeness (QED) is 0.569. The Bertz CT molecular complexity index is 1010. The summed E-state index contributed by atoms with van der Waals surface area (Å²) in [5.41, 5.74) is 2.85. The van der Waals surface area contributed by atoms with E-state index in [1.807, 2.05) is 37.3 Å². The first-order valence-corrected chi connectivity index (χ1v) is 9.05. The number of likely N-dealkylation sites (N-methyl/N-ethyl adjacent to an activating group) is 1. The molecule has 3 aromatic rings. The molecule has 0 fully saturated rings. The van der Waals surface area contributed by atoms with Crippen molar-refractivity contribution >= 4 is 12.0 Å². The number of carbonyl (C=O) groups excluding carboxylic acids is 1. The van der Waals surface area contributed by atoms with E-state index < -0.39 is 0 Å². The minimum Gasteiger partial charge on any atom is -0.493 e. The van der Waals surface area contributed by atoms with Crippen LogP contribution in [0.3, 0.4) is 0 Å². The lowest BCUT2D eigenvalue weighted by atomic mass is 10.1. The Morgan fingerprint density at radius 3 is 2.52 bits per heavy atom. The van der Waals surface area contributed by atoms with Gasteiger partial charge >= 0.3 is 0 Å². The zero-order valence-corrected chi connectivity index (χ0v) is 16.9. The Kier molecular flexibility index (Phi) is 6.29. The first-order chi connectivity index (χ1) is 14.0. The maximum Gasteiger partial charge on any atom is 0.246 e. The molecule has 1 amide bonds. The van der Waals surface area contributed by atoms with Crippen molar-refractivity contribution in [1.29, 1.82) is 0 Å². The second kappa shape index (κ2) is 9.05. The highest BCUT2D eigenvalue weighted by molar-refractivity contribution is 5.91. The molecule has 0 saturated heterocycles. The monoisotopic (exact) mass is 393 g/mol. The van der Waals surface area contributed by atoms with Gasteiger partial charge in [-0.2, -0.15) is 4.98 Å². The van der Waals surface area contributed by atoms with Gasteiger partial charge in [0.15, 0.2) is 11.5 Å². The van der Waals surface area contributed by atoms with Crippen molar-refractivity contribution in [3.8, 4) is 22.9 Å². The number of carbonyl (C=O) groups is 1. The van der Waals surface area contributed by atoms with Crippen LogP contribution < -0.4 is 9.47 Å². The fraction of sp³-hybridized carbons (Fsp3) is 0.227. The van der Waals surface area contributed by atoms with Gasteiger partial charge in [-0.25, -0.2) is 0 Å². The van der Waals surface area contributed by atoms with Crippen LogP contribution in [-0.4, -0.2) is 42.2 Å². The molecule has 29 heavy (non-hydrogen) atoms. The summed E-state index contributed by atoms with van der Waals surface area (Å²) in [5, 5.41) is 3.99. The largest absolute Gasteiger partial charge is 0.493 e. The third kappa shape index (κ3) is 5.01. The highest BCUT2D eigenvalue weighted by atomic mass is 16.5. The van der Waals surface area contributed by atoms with Crippen LogP contribution in [0.15, 0.2) is 53.1 Å². The molecule has 0 aliphatic rings. The summed E-state index contributed by atoms with van der Waals surface area (Å²) in [6.07, 6.45) is 3.20. The summed E-state index contributed by atoms with van der Waals surface area (Å²) in [5.74, 6) is 1.92. The van der Waals surface area contributed by atoms with E-state index in [0.29, 0.717) is 23.2 Å². The normalized spacial score (nSPS) is 10.9. The molecule has 0 saturated carbocycles. The predicted octanol–water partition coefficient (Wildman–Crippen LogP) is 3.73. The van der Waals surface area contributed by atoms with E-state index in [1.54, 1.807) is 39.5 Å². The smallest absolute Gasteiger partial charge is 0.246 e.